The lowest BCUT2D eigenvalue weighted by atomic mass is 10.00. The summed E-state index contributed by atoms with van der Waals surface area (Å²) in [6.45, 7) is 8.86. The van der Waals surface area contributed by atoms with Crippen molar-refractivity contribution >= 4 is 35.1 Å². The zero-order valence-corrected chi connectivity index (χ0v) is 27.1. The number of thioether (sulfide) groups is 1. The molecule has 8 nitrogen and oxygen atoms in total. The van der Waals surface area contributed by atoms with Crippen molar-refractivity contribution < 1.29 is 14.3 Å². The lowest BCUT2D eigenvalue weighted by Gasteiger charge is -2.25. The smallest absolute Gasteiger partial charge is 0.251 e. The average molecular weight is 626 g/mol. The molecule has 236 valence electrons. The van der Waals surface area contributed by atoms with E-state index in [1.54, 1.807) is 24.4 Å². The number of hydrogen-bond acceptors (Lipinski definition) is 7. The van der Waals surface area contributed by atoms with Crippen LogP contribution in [0.25, 0.3) is 17.2 Å². The van der Waals surface area contributed by atoms with Crippen molar-refractivity contribution in [3.63, 3.8) is 0 Å². The van der Waals surface area contributed by atoms with E-state index in [-0.39, 0.29) is 5.91 Å². The number of hydrogen-bond donors (Lipinski definition) is 1. The maximum Gasteiger partial charge on any atom is 0.251 e. The summed E-state index contributed by atoms with van der Waals surface area (Å²) >= 11 is 1.76. The van der Waals surface area contributed by atoms with E-state index in [1.807, 2.05) is 28.8 Å². The van der Waals surface area contributed by atoms with Crippen molar-refractivity contribution in [2.45, 2.75) is 51.0 Å². The molecule has 5 rings (SSSR count). The van der Waals surface area contributed by atoms with Gasteiger partial charge in [0.15, 0.2) is 0 Å². The third-order valence-electron chi connectivity index (χ3n) is 7.66. The number of rotatable bonds is 16. The van der Waals surface area contributed by atoms with Crippen molar-refractivity contribution in [3.05, 3.63) is 90.5 Å². The molecule has 0 saturated heterocycles. The molecule has 4 aromatic rings. The van der Waals surface area contributed by atoms with Crippen LogP contribution in [0.1, 0.15) is 45.1 Å². The van der Waals surface area contributed by atoms with Crippen LogP contribution >= 0.6 is 11.8 Å². The van der Waals surface area contributed by atoms with E-state index in [0.717, 1.165) is 89.9 Å². The number of amides is 1. The van der Waals surface area contributed by atoms with Gasteiger partial charge in [0.25, 0.3) is 5.91 Å². The Kier molecular flexibility index (Phi) is 12.1. The van der Waals surface area contributed by atoms with Crippen molar-refractivity contribution in [2.75, 3.05) is 48.9 Å². The molecule has 45 heavy (non-hydrogen) atoms. The van der Waals surface area contributed by atoms with Crippen LogP contribution in [-0.4, -0.2) is 59.3 Å². The van der Waals surface area contributed by atoms with Crippen molar-refractivity contribution in [1.29, 1.82) is 0 Å². The molecule has 2 heterocycles. The maximum atomic E-state index is 13.5. The summed E-state index contributed by atoms with van der Waals surface area (Å²) in [5.74, 6) is 1.69. The predicted molar refractivity (Wildman–Crippen MR) is 184 cm³/mol. The van der Waals surface area contributed by atoms with E-state index in [9.17, 15) is 4.79 Å². The first-order valence-corrected chi connectivity index (χ1v) is 16.9. The molecular formula is C36H43N5O3S. The highest BCUT2D eigenvalue weighted by molar-refractivity contribution is 7.99. The number of aryl methyl sites for hydroxylation is 1. The van der Waals surface area contributed by atoms with Gasteiger partial charge in [-0.1, -0.05) is 38.5 Å². The second kappa shape index (κ2) is 16.8. The molecule has 0 atom stereocenters. The maximum absolute atomic E-state index is 13.5. The molecule has 9 heteroatoms. The molecule has 0 saturated carbocycles. The first-order valence-electron chi connectivity index (χ1n) is 15.9. The standard InChI is InChI=1S/C36H43N5O3S/c1-3-5-20-43-21-22-44-33-11-6-28(7-12-33)29-8-15-35-31(24-29)25-30(16-18-41(35)17-4-2)36(42)39-32-9-13-34(14-10-32)45-23-19-40-26-37-38-27-40/h6-15,24-27H,3-5,16-23H2,1-2H3,(H,39,42). The summed E-state index contributed by atoms with van der Waals surface area (Å²) in [5.41, 5.74) is 6.02. The molecule has 1 amide bonds. The number of benzene rings is 3. The van der Waals surface area contributed by atoms with Crippen LogP contribution in [0.3, 0.4) is 0 Å². The Balaban J connectivity index is 1.24. The summed E-state index contributed by atoms with van der Waals surface area (Å²) in [6.07, 6.45) is 9.44. The third kappa shape index (κ3) is 9.45. The molecule has 0 aliphatic carbocycles. The third-order valence-corrected chi connectivity index (χ3v) is 8.65. The van der Waals surface area contributed by atoms with Crippen molar-refractivity contribution in [1.82, 2.24) is 14.8 Å². The van der Waals surface area contributed by atoms with Crippen LogP contribution in [0.15, 0.2) is 89.9 Å². The number of nitrogens with zero attached hydrogens (tertiary/aromatic N) is 4. The fourth-order valence-electron chi connectivity index (χ4n) is 5.22. The van der Waals surface area contributed by atoms with Crippen molar-refractivity contribution in [2.24, 2.45) is 0 Å². The van der Waals surface area contributed by atoms with E-state index < -0.39 is 0 Å². The topological polar surface area (TPSA) is 81.5 Å². The van der Waals surface area contributed by atoms with Crippen LogP contribution in [0.5, 0.6) is 5.75 Å². The molecule has 0 fully saturated rings. The summed E-state index contributed by atoms with van der Waals surface area (Å²) in [4.78, 5) is 17.0. The van der Waals surface area contributed by atoms with Crippen LogP contribution in [0.2, 0.25) is 0 Å². The number of ether oxygens (including phenoxy) is 2. The van der Waals surface area contributed by atoms with Gasteiger partial charge in [0.2, 0.25) is 0 Å². The Morgan fingerprint density at radius 1 is 0.889 bits per heavy atom. The number of anilines is 2. The Morgan fingerprint density at radius 3 is 2.42 bits per heavy atom. The van der Waals surface area contributed by atoms with E-state index in [0.29, 0.717) is 19.6 Å². The number of carbonyl (C=O) groups excluding carboxylic acids is 1. The molecule has 1 aromatic heterocycles. The zero-order chi connectivity index (χ0) is 31.3. The van der Waals surface area contributed by atoms with Gasteiger partial charge in [0.1, 0.15) is 25.0 Å². The Hall–Kier alpha value is -4.08. The Labute approximate surface area is 270 Å². The van der Waals surface area contributed by atoms with Gasteiger partial charge < -0.3 is 24.3 Å². The number of carbonyl (C=O) groups is 1. The fraction of sp³-hybridized carbons (Fsp3) is 0.361. The van der Waals surface area contributed by atoms with Gasteiger partial charge in [-0.25, -0.2) is 0 Å². The minimum absolute atomic E-state index is 0.0575. The number of nitrogens with one attached hydrogen (secondary N) is 1. The second-order valence-electron chi connectivity index (χ2n) is 11.0. The van der Waals surface area contributed by atoms with E-state index in [2.05, 4.69) is 82.8 Å². The van der Waals surface area contributed by atoms with E-state index in [1.165, 1.54) is 5.69 Å². The second-order valence-corrected chi connectivity index (χ2v) is 12.2. The molecular weight excluding hydrogens is 582 g/mol. The first kappa shape index (κ1) is 32.3. The molecule has 1 aliphatic heterocycles. The van der Waals surface area contributed by atoms with Crippen molar-refractivity contribution in [3.8, 4) is 16.9 Å². The zero-order valence-electron chi connectivity index (χ0n) is 26.3. The van der Waals surface area contributed by atoms with Gasteiger partial charge in [-0.05, 0) is 90.6 Å². The first-order chi connectivity index (χ1) is 22.1. The normalized spacial score (nSPS) is 12.8. The van der Waals surface area contributed by atoms with Crippen LogP contribution in [0.4, 0.5) is 11.4 Å². The molecule has 0 bridgehead atoms. The lowest BCUT2D eigenvalue weighted by Crippen LogP contribution is -2.26. The van der Waals surface area contributed by atoms with Gasteiger partial charge in [-0.3, -0.25) is 4.79 Å². The lowest BCUT2D eigenvalue weighted by molar-refractivity contribution is -0.112. The molecule has 1 N–H and O–H groups in total. The van der Waals surface area contributed by atoms with Gasteiger partial charge in [-0.15, -0.1) is 22.0 Å². The van der Waals surface area contributed by atoms with Crippen LogP contribution < -0.4 is 15.0 Å². The highest BCUT2D eigenvalue weighted by Gasteiger charge is 2.20. The molecule has 0 spiro atoms. The minimum Gasteiger partial charge on any atom is -0.491 e. The molecule has 3 aromatic carbocycles. The quantitative estimate of drug-likeness (QED) is 0.102. The number of unbranched alkanes of at least 4 members (excludes halogenated alkanes) is 1. The van der Waals surface area contributed by atoms with Crippen LogP contribution in [-0.2, 0) is 16.1 Å². The minimum atomic E-state index is -0.0575. The SMILES string of the molecule is CCCCOCCOc1ccc(-c2ccc3c(c2)C=C(C(=O)Nc2ccc(SCCn4cnnc4)cc2)CCN3CCC)cc1. The summed E-state index contributed by atoms with van der Waals surface area (Å²) in [5, 5.41) is 10.8. The molecule has 0 radical (unpaired) electrons. The van der Waals surface area contributed by atoms with Gasteiger partial charge in [0, 0.05) is 53.8 Å². The van der Waals surface area contributed by atoms with Gasteiger partial charge in [-0.2, -0.15) is 0 Å². The number of fused-ring (bicyclic) bond motifs is 1. The Bertz CT molecular complexity index is 1520. The highest BCUT2D eigenvalue weighted by atomic mass is 32.2. The van der Waals surface area contributed by atoms with E-state index >= 15 is 0 Å². The average Bonchev–Trinajstić information content (AvgIpc) is 3.52. The summed E-state index contributed by atoms with van der Waals surface area (Å²) < 4.78 is 13.4. The monoisotopic (exact) mass is 625 g/mol. The molecule has 1 aliphatic rings. The van der Waals surface area contributed by atoms with Crippen LogP contribution in [0, 0.1) is 0 Å². The fourth-order valence-corrected chi connectivity index (χ4v) is 6.08. The van der Waals surface area contributed by atoms with Gasteiger partial charge in [0.05, 0.1) is 6.61 Å². The largest absolute Gasteiger partial charge is 0.491 e. The molecule has 0 unspecified atom stereocenters. The summed E-state index contributed by atoms with van der Waals surface area (Å²) in [6, 6.07) is 22.8. The van der Waals surface area contributed by atoms with Gasteiger partial charge >= 0.3 is 0 Å². The Morgan fingerprint density at radius 2 is 1.67 bits per heavy atom. The number of aromatic nitrogens is 3. The predicted octanol–water partition coefficient (Wildman–Crippen LogP) is 7.58. The highest BCUT2D eigenvalue weighted by Crippen LogP contribution is 2.33. The summed E-state index contributed by atoms with van der Waals surface area (Å²) in [7, 11) is 0. The van der Waals surface area contributed by atoms with E-state index in [4.69, 9.17) is 9.47 Å².